The van der Waals surface area contributed by atoms with E-state index >= 15 is 0 Å². The fourth-order valence-electron chi connectivity index (χ4n) is 2.20. The van der Waals surface area contributed by atoms with Crippen LogP contribution < -0.4 is 5.32 Å². The molecule has 1 aliphatic rings. The third-order valence-electron chi connectivity index (χ3n) is 3.38. The van der Waals surface area contributed by atoms with E-state index in [0.29, 0.717) is 0 Å². The lowest BCUT2D eigenvalue weighted by Crippen LogP contribution is -2.33. The van der Waals surface area contributed by atoms with Gasteiger partial charge in [0.05, 0.1) is 6.07 Å². The first kappa shape index (κ1) is 13.8. The van der Waals surface area contributed by atoms with E-state index in [1.165, 1.54) is 7.05 Å². The normalized spacial score (nSPS) is 22.2. The van der Waals surface area contributed by atoms with Gasteiger partial charge in [-0.25, -0.2) is 0 Å². The summed E-state index contributed by atoms with van der Waals surface area (Å²) in [5.41, 5.74) is 1.08. The topological polar surface area (TPSA) is 70.0 Å². The van der Waals surface area contributed by atoms with Crippen LogP contribution in [0, 0.1) is 23.2 Å². The third kappa shape index (κ3) is 2.85. The summed E-state index contributed by atoms with van der Waals surface area (Å²) in [7, 11) is 1.43. The lowest BCUT2D eigenvalue weighted by molar-refractivity contribution is -0.132. The van der Waals surface area contributed by atoms with E-state index in [2.05, 4.69) is 21.2 Å². The highest BCUT2D eigenvalue weighted by Crippen LogP contribution is 2.49. The predicted octanol–water partition coefficient (Wildman–Crippen LogP) is 2.01. The van der Waals surface area contributed by atoms with Gasteiger partial charge in [-0.1, -0.05) is 28.1 Å². The maximum absolute atomic E-state index is 12.1. The largest absolute Gasteiger partial charge is 0.358 e. The summed E-state index contributed by atoms with van der Waals surface area (Å²) in [6.07, 6.45) is 0.718. The van der Waals surface area contributed by atoms with E-state index in [0.717, 1.165) is 16.5 Å². The summed E-state index contributed by atoms with van der Waals surface area (Å²) >= 11 is 3.36. The van der Waals surface area contributed by atoms with Crippen LogP contribution in [0.5, 0.6) is 0 Å². The Kier molecular flexibility index (Phi) is 4.01. The van der Waals surface area contributed by atoms with E-state index in [9.17, 15) is 9.59 Å². The van der Waals surface area contributed by atoms with Crippen LogP contribution in [0.1, 0.15) is 17.9 Å². The number of carbonyl (C=O) groups is 2. The second-order valence-corrected chi connectivity index (χ2v) is 5.49. The summed E-state index contributed by atoms with van der Waals surface area (Å²) in [5.74, 6) is -2.04. The van der Waals surface area contributed by atoms with Crippen molar-refractivity contribution in [3.63, 3.8) is 0 Å². The number of nitriles is 1. The molecule has 4 nitrogen and oxygen atoms in total. The zero-order valence-electron chi connectivity index (χ0n) is 10.4. The van der Waals surface area contributed by atoms with Crippen LogP contribution >= 0.6 is 15.9 Å². The molecule has 1 fully saturated rings. The molecule has 0 radical (unpaired) electrons. The van der Waals surface area contributed by atoms with E-state index in [1.54, 1.807) is 6.07 Å². The molecule has 0 unspecified atom stereocenters. The van der Waals surface area contributed by atoms with Crippen LogP contribution in [0.3, 0.4) is 0 Å². The number of carbonyl (C=O) groups excluding carboxylic acids is 2. The lowest BCUT2D eigenvalue weighted by Gasteiger charge is -2.06. The van der Waals surface area contributed by atoms with Crippen molar-refractivity contribution in [2.75, 3.05) is 7.05 Å². The van der Waals surface area contributed by atoms with E-state index in [1.807, 2.05) is 24.3 Å². The average molecular weight is 321 g/mol. The smallest absolute Gasteiger partial charge is 0.244 e. The second-order valence-electron chi connectivity index (χ2n) is 4.58. The van der Waals surface area contributed by atoms with E-state index in [-0.39, 0.29) is 17.6 Å². The molecule has 3 atom stereocenters. The number of rotatable bonds is 4. The van der Waals surface area contributed by atoms with Crippen molar-refractivity contribution in [3.8, 4) is 6.07 Å². The minimum absolute atomic E-state index is 0.140. The molecule has 2 rings (SSSR count). The van der Waals surface area contributed by atoms with Gasteiger partial charge >= 0.3 is 0 Å². The molecule has 5 heteroatoms. The monoisotopic (exact) mass is 320 g/mol. The van der Waals surface area contributed by atoms with Gasteiger partial charge in [0.1, 0.15) is 0 Å². The SMILES string of the molecule is CNC(=O)[C@H](C#N)C(=O)[C@@H]1C[C@@H]1c1ccc(Br)cc1. The van der Waals surface area contributed by atoms with Gasteiger partial charge < -0.3 is 5.32 Å². The van der Waals surface area contributed by atoms with Crippen molar-refractivity contribution in [3.05, 3.63) is 34.3 Å². The van der Waals surface area contributed by atoms with Gasteiger partial charge in [0.2, 0.25) is 5.91 Å². The van der Waals surface area contributed by atoms with Crippen molar-refractivity contribution in [2.24, 2.45) is 11.8 Å². The van der Waals surface area contributed by atoms with E-state index < -0.39 is 11.8 Å². The first-order chi connectivity index (χ1) is 9.08. The number of ketones is 1. The van der Waals surface area contributed by atoms with Gasteiger partial charge in [0.15, 0.2) is 11.7 Å². The van der Waals surface area contributed by atoms with Crippen molar-refractivity contribution >= 4 is 27.6 Å². The number of Topliss-reactive ketones (excluding diaryl/α,β-unsaturated/α-hetero) is 1. The van der Waals surface area contributed by atoms with Gasteiger partial charge in [0, 0.05) is 17.4 Å². The molecule has 0 bridgehead atoms. The maximum Gasteiger partial charge on any atom is 0.244 e. The lowest BCUT2D eigenvalue weighted by atomic mass is 9.98. The molecule has 0 aromatic heterocycles. The molecule has 1 aliphatic carbocycles. The molecule has 0 spiro atoms. The quantitative estimate of drug-likeness (QED) is 0.863. The molecule has 0 aliphatic heterocycles. The van der Waals surface area contributed by atoms with E-state index in [4.69, 9.17) is 5.26 Å². The summed E-state index contributed by atoms with van der Waals surface area (Å²) in [5, 5.41) is 11.3. The highest BCUT2D eigenvalue weighted by atomic mass is 79.9. The van der Waals surface area contributed by atoms with Crippen LogP contribution in [0.15, 0.2) is 28.7 Å². The summed E-state index contributed by atoms with van der Waals surface area (Å²) in [6, 6.07) is 9.56. The summed E-state index contributed by atoms with van der Waals surface area (Å²) in [4.78, 5) is 23.5. The highest BCUT2D eigenvalue weighted by Gasteiger charge is 2.47. The number of halogens is 1. The first-order valence-electron chi connectivity index (χ1n) is 5.99. The summed E-state index contributed by atoms with van der Waals surface area (Å²) in [6.45, 7) is 0. The fraction of sp³-hybridized carbons (Fsp3) is 0.357. The molecule has 1 saturated carbocycles. The van der Waals surface area contributed by atoms with Gasteiger partial charge in [-0.2, -0.15) is 5.26 Å². The fourth-order valence-corrected chi connectivity index (χ4v) is 2.46. The van der Waals surface area contributed by atoms with Crippen LogP contribution in [-0.4, -0.2) is 18.7 Å². The average Bonchev–Trinajstić information content (AvgIpc) is 3.20. The Labute approximate surface area is 119 Å². The van der Waals surface area contributed by atoms with Crippen molar-refractivity contribution in [1.82, 2.24) is 5.32 Å². The number of nitrogens with zero attached hydrogens (tertiary/aromatic N) is 1. The van der Waals surface area contributed by atoms with Crippen molar-refractivity contribution in [1.29, 1.82) is 5.26 Å². The Morgan fingerprint density at radius 1 is 1.42 bits per heavy atom. The highest BCUT2D eigenvalue weighted by molar-refractivity contribution is 9.10. The van der Waals surface area contributed by atoms with Gasteiger partial charge in [-0.15, -0.1) is 0 Å². The molecular formula is C14H13BrN2O2. The number of hydrogen-bond donors (Lipinski definition) is 1. The minimum atomic E-state index is -1.18. The zero-order chi connectivity index (χ0) is 14.0. The van der Waals surface area contributed by atoms with Gasteiger partial charge in [-0.3, -0.25) is 9.59 Å². The number of benzene rings is 1. The molecule has 0 saturated heterocycles. The molecule has 1 aromatic carbocycles. The summed E-state index contributed by atoms with van der Waals surface area (Å²) < 4.78 is 0.986. The van der Waals surface area contributed by atoms with Crippen molar-refractivity contribution in [2.45, 2.75) is 12.3 Å². The molecular weight excluding hydrogens is 308 g/mol. The zero-order valence-corrected chi connectivity index (χ0v) is 12.0. The third-order valence-corrected chi connectivity index (χ3v) is 3.90. The van der Waals surface area contributed by atoms with Crippen LogP contribution in [0.2, 0.25) is 0 Å². The molecule has 0 heterocycles. The Bertz CT molecular complexity index is 548. The molecule has 1 N–H and O–H groups in total. The van der Waals surface area contributed by atoms with Crippen LogP contribution in [0.25, 0.3) is 0 Å². The standard InChI is InChI=1S/C14H13BrN2O2/c1-17-14(19)12(7-16)13(18)11-6-10(11)8-2-4-9(15)5-3-8/h2-5,10-12H,6H2,1H3,(H,17,19)/t10-,11-,12-/m1/s1. The Morgan fingerprint density at radius 3 is 2.58 bits per heavy atom. The van der Waals surface area contributed by atoms with Gasteiger partial charge in [-0.05, 0) is 30.0 Å². The molecule has 1 amide bonds. The van der Waals surface area contributed by atoms with Crippen LogP contribution in [0.4, 0.5) is 0 Å². The Balaban J connectivity index is 2.06. The predicted molar refractivity (Wildman–Crippen MR) is 73.2 cm³/mol. The number of hydrogen-bond acceptors (Lipinski definition) is 3. The molecule has 1 aromatic rings. The first-order valence-corrected chi connectivity index (χ1v) is 6.78. The Morgan fingerprint density at radius 2 is 2.05 bits per heavy atom. The second kappa shape index (κ2) is 5.54. The molecule has 98 valence electrons. The number of nitrogens with one attached hydrogen (secondary N) is 1. The minimum Gasteiger partial charge on any atom is -0.358 e. The van der Waals surface area contributed by atoms with Gasteiger partial charge in [0.25, 0.3) is 0 Å². The van der Waals surface area contributed by atoms with Crippen LogP contribution in [-0.2, 0) is 9.59 Å². The molecule has 19 heavy (non-hydrogen) atoms. The maximum atomic E-state index is 12.1. The Hall–Kier alpha value is -1.67. The number of amides is 1. The van der Waals surface area contributed by atoms with Crippen molar-refractivity contribution < 1.29 is 9.59 Å².